The second-order valence-electron chi connectivity index (χ2n) is 6.89. The Kier molecular flexibility index (Phi) is 7.73. The van der Waals surface area contributed by atoms with E-state index in [9.17, 15) is 37.1 Å². The SMILES string of the molecule is CC(=O)N[C@@H](Cc1cccc(F)c1)C(=O)N[C@@H](Cc1ccc(C(F)(F)F)cc1)C(=O)O. The molecule has 2 rings (SSSR count). The van der Waals surface area contributed by atoms with Crippen LogP contribution in [0.1, 0.15) is 23.6 Å². The molecule has 0 aliphatic rings. The van der Waals surface area contributed by atoms with Gasteiger partial charge in [-0.3, -0.25) is 9.59 Å². The van der Waals surface area contributed by atoms with Gasteiger partial charge in [-0.1, -0.05) is 24.3 Å². The molecule has 0 aliphatic heterocycles. The molecular formula is C21H20F4N2O4. The highest BCUT2D eigenvalue weighted by atomic mass is 19.4. The van der Waals surface area contributed by atoms with E-state index in [0.29, 0.717) is 5.56 Å². The zero-order chi connectivity index (χ0) is 23.2. The highest BCUT2D eigenvalue weighted by Gasteiger charge is 2.30. The van der Waals surface area contributed by atoms with Crippen LogP contribution in [0.2, 0.25) is 0 Å². The number of benzene rings is 2. The van der Waals surface area contributed by atoms with Gasteiger partial charge >= 0.3 is 12.1 Å². The monoisotopic (exact) mass is 440 g/mol. The Hall–Kier alpha value is -3.43. The van der Waals surface area contributed by atoms with E-state index in [2.05, 4.69) is 10.6 Å². The minimum atomic E-state index is -4.53. The molecule has 31 heavy (non-hydrogen) atoms. The number of carbonyl (C=O) groups excluding carboxylic acids is 2. The van der Waals surface area contributed by atoms with Gasteiger partial charge in [-0.05, 0) is 35.4 Å². The van der Waals surface area contributed by atoms with Crippen LogP contribution in [-0.4, -0.2) is 35.0 Å². The maximum atomic E-state index is 13.4. The fraction of sp³-hybridized carbons (Fsp3) is 0.286. The highest BCUT2D eigenvalue weighted by Crippen LogP contribution is 2.29. The fourth-order valence-electron chi connectivity index (χ4n) is 2.89. The first-order chi connectivity index (χ1) is 14.5. The van der Waals surface area contributed by atoms with Gasteiger partial charge in [-0.2, -0.15) is 13.2 Å². The van der Waals surface area contributed by atoms with Gasteiger partial charge in [0.15, 0.2) is 0 Å². The second-order valence-corrected chi connectivity index (χ2v) is 6.89. The molecule has 0 spiro atoms. The summed E-state index contributed by atoms with van der Waals surface area (Å²) in [4.78, 5) is 35.7. The van der Waals surface area contributed by atoms with Crippen LogP contribution in [-0.2, 0) is 33.4 Å². The quantitative estimate of drug-likeness (QED) is 0.550. The standard InChI is InChI=1S/C21H20F4N2O4/c1-12(28)26-17(11-14-3-2-4-16(22)9-14)19(29)27-18(20(30)31)10-13-5-7-15(8-6-13)21(23,24)25/h2-9,17-18H,10-11H2,1H3,(H,26,28)(H,27,29)(H,30,31)/t17-,18-/m0/s1. The Morgan fingerprint density at radius 1 is 0.935 bits per heavy atom. The van der Waals surface area contributed by atoms with Crippen LogP contribution in [0.15, 0.2) is 48.5 Å². The van der Waals surface area contributed by atoms with Gasteiger partial charge in [0.1, 0.15) is 17.9 Å². The van der Waals surface area contributed by atoms with E-state index < -0.39 is 47.4 Å². The van der Waals surface area contributed by atoms with Crippen molar-refractivity contribution in [2.45, 2.75) is 38.0 Å². The molecular weight excluding hydrogens is 420 g/mol. The molecule has 0 radical (unpaired) electrons. The second kappa shape index (κ2) is 10.1. The number of carboxylic acids is 1. The molecule has 2 atom stereocenters. The Bertz CT molecular complexity index is 945. The van der Waals surface area contributed by atoms with Crippen molar-refractivity contribution in [2.24, 2.45) is 0 Å². The van der Waals surface area contributed by atoms with Gasteiger partial charge in [0.25, 0.3) is 0 Å². The molecule has 0 bridgehead atoms. The van der Waals surface area contributed by atoms with Crippen molar-refractivity contribution >= 4 is 17.8 Å². The number of nitrogens with one attached hydrogen (secondary N) is 2. The summed E-state index contributed by atoms with van der Waals surface area (Å²) in [5, 5.41) is 14.1. The number of hydrogen-bond donors (Lipinski definition) is 3. The van der Waals surface area contributed by atoms with Crippen LogP contribution in [0.5, 0.6) is 0 Å². The third-order valence-electron chi connectivity index (χ3n) is 4.36. The first-order valence-electron chi connectivity index (χ1n) is 9.16. The van der Waals surface area contributed by atoms with Gasteiger partial charge in [0.2, 0.25) is 11.8 Å². The Labute approximate surface area is 175 Å². The summed E-state index contributed by atoms with van der Waals surface area (Å²) in [6, 6.07) is 6.63. The molecule has 0 saturated heterocycles. The van der Waals surface area contributed by atoms with E-state index in [1.807, 2.05) is 0 Å². The Balaban J connectivity index is 2.13. The van der Waals surface area contributed by atoms with Crippen molar-refractivity contribution in [1.29, 1.82) is 0 Å². The van der Waals surface area contributed by atoms with E-state index in [1.165, 1.54) is 25.1 Å². The maximum Gasteiger partial charge on any atom is 0.416 e. The lowest BCUT2D eigenvalue weighted by molar-refractivity contribution is -0.142. The third-order valence-corrected chi connectivity index (χ3v) is 4.36. The van der Waals surface area contributed by atoms with Crippen molar-refractivity contribution in [3.63, 3.8) is 0 Å². The average Bonchev–Trinajstić information content (AvgIpc) is 2.66. The number of hydrogen-bond acceptors (Lipinski definition) is 3. The molecule has 166 valence electrons. The Morgan fingerprint density at radius 2 is 1.55 bits per heavy atom. The molecule has 0 fully saturated rings. The summed E-state index contributed by atoms with van der Waals surface area (Å²) in [7, 11) is 0. The molecule has 2 aromatic rings. The van der Waals surface area contributed by atoms with E-state index in [-0.39, 0.29) is 18.4 Å². The molecule has 6 nitrogen and oxygen atoms in total. The minimum absolute atomic E-state index is 0.0875. The Morgan fingerprint density at radius 3 is 2.06 bits per heavy atom. The fourth-order valence-corrected chi connectivity index (χ4v) is 2.89. The van der Waals surface area contributed by atoms with Crippen LogP contribution in [0.3, 0.4) is 0 Å². The largest absolute Gasteiger partial charge is 0.480 e. The van der Waals surface area contributed by atoms with Gasteiger partial charge in [0, 0.05) is 19.8 Å². The van der Waals surface area contributed by atoms with E-state index in [4.69, 9.17) is 0 Å². The first kappa shape index (κ1) is 23.8. The number of alkyl halides is 3. The summed E-state index contributed by atoms with van der Waals surface area (Å²) >= 11 is 0. The minimum Gasteiger partial charge on any atom is -0.480 e. The van der Waals surface area contributed by atoms with Crippen molar-refractivity contribution in [3.8, 4) is 0 Å². The van der Waals surface area contributed by atoms with E-state index >= 15 is 0 Å². The molecule has 0 heterocycles. The predicted molar refractivity (Wildman–Crippen MR) is 102 cm³/mol. The summed E-state index contributed by atoms with van der Waals surface area (Å²) < 4.78 is 51.4. The van der Waals surface area contributed by atoms with Crippen LogP contribution >= 0.6 is 0 Å². The molecule has 2 amide bonds. The van der Waals surface area contributed by atoms with Gasteiger partial charge in [-0.25, -0.2) is 9.18 Å². The predicted octanol–water partition coefficient (Wildman–Crippen LogP) is 2.70. The first-order valence-corrected chi connectivity index (χ1v) is 9.16. The zero-order valence-electron chi connectivity index (χ0n) is 16.4. The van der Waals surface area contributed by atoms with Crippen molar-refractivity contribution in [2.75, 3.05) is 0 Å². The lowest BCUT2D eigenvalue weighted by Crippen LogP contribution is -2.52. The molecule has 0 aromatic heterocycles. The van der Waals surface area contributed by atoms with Crippen LogP contribution < -0.4 is 10.6 Å². The summed E-state index contributed by atoms with van der Waals surface area (Å²) in [6.07, 6.45) is -4.89. The molecule has 0 unspecified atom stereocenters. The van der Waals surface area contributed by atoms with Crippen molar-refractivity contribution in [3.05, 3.63) is 71.0 Å². The van der Waals surface area contributed by atoms with E-state index in [0.717, 1.165) is 24.3 Å². The normalized spacial score (nSPS) is 13.2. The summed E-state index contributed by atoms with van der Waals surface area (Å²) in [5.41, 5.74) is -0.210. The van der Waals surface area contributed by atoms with Gasteiger partial charge < -0.3 is 15.7 Å². The third kappa shape index (κ3) is 7.40. The van der Waals surface area contributed by atoms with Crippen LogP contribution in [0, 0.1) is 5.82 Å². The maximum absolute atomic E-state index is 13.4. The number of aliphatic carboxylic acids is 1. The average molecular weight is 440 g/mol. The van der Waals surface area contributed by atoms with Gasteiger partial charge in [-0.15, -0.1) is 0 Å². The molecule has 0 saturated carbocycles. The molecule has 3 N–H and O–H groups in total. The number of amides is 2. The lowest BCUT2D eigenvalue weighted by Gasteiger charge is -2.21. The van der Waals surface area contributed by atoms with Gasteiger partial charge in [0.05, 0.1) is 5.56 Å². The summed E-state index contributed by atoms with van der Waals surface area (Å²) in [6.45, 7) is 1.17. The van der Waals surface area contributed by atoms with E-state index in [1.54, 1.807) is 6.07 Å². The molecule has 0 aliphatic carbocycles. The van der Waals surface area contributed by atoms with Crippen molar-refractivity contribution in [1.82, 2.24) is 10.6 Å². The smallest absolute Gasteiger partial charge is 0.416 e. The highest BCUT2D eigenvalue weighted by molar-refractivity contribution is 5.90. The number of halogens is 4. The number of carbonyl (C=O) groups is 3. The topological polar surface area (TPSA) is 95.5 Å². The number of rotatable bonds is 8. The lowest BCUT2D eigenvalue weighted by atomic mass is 10.0. The number of carboxylic acid groups (broad SMARTS) is 1. The molecule has 2 aromatic carbocycles. The van der Waals surface area contributed by atoms with Crippen LogP contribution in [0.4, 0.5) is 17.6 Å². The molecule has 10 heteroatoms. The van der Waals surface area contributed by atoms with Crippen molar-refractivity contribution < 1.29 is 37.1 Å². The van der Waals surface area contributed by atoms with Crippen LogP contribution in [0.25, 0.3) is 0 Å². The zero-order valence-corrected chi connectivity index (χ0v) is 16.4. The summed E-state index contributed by atoms with van der Waals surface area (Å²) in [5.74, 6) is -3.31.